The van der Waals surface area contributed by atoms with Gasteiger partial charge in [-0.05, 0) is 37.6 Å². The Bertz CT molecular complexity index is 1230. The smallest absolute Gasteiger partial charge is 0.399 e. The Labute approximate surface area is 212 Å². The van der Waals surface area contributed by atoms with Crippen LogP contribution in [-0.4, -0.2) is 65.5 Å². The van der Waals surface area contributed by atoms with Crippen LogP contribution in [0.15, 0.2) is 30.0 Å². The molecule has 1 aromatic carbocycles. The molecule has 0 saturated carbocycles. The first-order valence-electron chi connectivity index (χ1n) is 12.2. The lowest BCUT2D eigenvalue weighted by Crippen LogP contribution is -2.53. The number of nitrogens with one attached hydrogen (secondary N) is 2. The topological polar surface area (TPSA) is 107 Å². The van der Waals surface area contributed by atoms with E-state index in [4.69, 9.17) is 15.2 Å². The zero-order valence-corrected chi connectivity index (χ0v) is 21.0. The van der Waals surface area contributed by atoms with Crippen LogP contribution in [0.4, 0.5) is 24.8 Å². The van der Waals surface area contributed by atoms with Gasteiger partial charge < -0.3 is 25.4 Å². The summed E-state index contributed by atoms with van der Waals surface area (Å²) < 4.78 is 53.3. The summed E-state index contributed by atoms with van der Waals surface area (Å²) in [5, 5.41) is 6.74. The van der Waals surface area contributed by atoms with Gasteiger partial charge in [0.25, 0.3) is 5.91 Å². The van der Waals surface area contributed by atoms with Crippen molar-refractivity contribution in [3.05, 3.63) is 46.8 Å². The standard InChI is InChI=1S/C25H31F3N6O3/c1-14-11-30-23-32-21(31-15(2)16-8-17(25(26,27)28)10-18(29)9-16)19-12-33(13-20(19)34(14)23)22(35)24(36-3)4-6-37-7-5-24/h8-11,15,21,31H,4-7,12-13,29H2,1-3H3,(H,30,32)/t15-,21?/m1/s1. The first-order valence-corrected chi connectivity index (χ1v) is 12.2. The average molecular weight is 521 g/mol. The number of hydrogen-bond acceptors (Lipinski definition) is 7. The SMILES string of the molecule is COC1(C(=O)N2CC3=C(C2)n2c(C)cnc2NC3N[C@H](C)c2cc(N)cc(C(F)(F)F)c2)CCOCC1. The number of nitrogen functional groups attached to an aromatic ring is 1. The van der Waals surface area contributed by atoms with E-state index in [9.17, 15) is 18.0 Å². The highest BCUT2D eigenvalue weighted by Crippen LogP contribution is 2.37. The molecule has 0 bridgehead atoms. The molecular formula is C25H31F3N6O3. The number of methoxy groups -OCH3 is 1. The first-order chi connectivity index (χ1) is 17.5. The van der Waals surface area contributed by atoms with Gasteiger partial charge in [0.1, 0.15) is 6.17 Å². The quantitative estimate of drug-likeness (QED) is 0.520. The van der Waals surface area contributed by atoms with Crippen LogP contribution >= 0.6 is 0 Å². The van der Waals surface area contributed by atoms with E-state index in [-0.39, 0.29) is 11.6 Å². The summed E-state index contributed by atoms with van der Waals surface area (Å²) >= 11 is 0. The fourth-order valence-electron chi connectivity index (χ4n) is 5.42. The number of hydrogen-bond donors (Lipinski definition) is 3. The van der Waals surface area contributed by atoms with E-state index in [1.165, 1.54) is 6.07 Å². The Morgan fingerprint density at radius 2 is 2.03 bits per heavy atom. The maximum Gasteiger partial charge on any atom is 0.416 e. The summed E-state index contributed by atoms with van der Waals surface area (Å²) in [5.41, 5.74) is 7.28. The Morgan fingerprint density at radius 1 is 1.30 bits per heavy atom. The fourth-order valence-corrected chi connectivity index (χ4v) is 5.42. The molecule has 2 aromatic rings. The summed E-state index contributed by atoms with van der Waals surface area (Å²) in [7, 11) is 1.55. The first kappa shape index (κ1) is 25.6. The summed E-state index contributed by atoms with van der Waals surface area (Å²) in [5.74, 6) is 0.510. The number of anilines is 2. The number of alkyl halides is 3. The number of fused-ring (bicyclic) bond motifs is 2. The van der Waals surface area contributed by atoms with Crippen molar-refractivity contribution in [1.82, 2.24) is 19.8 Å². The number of imidazole rings is 1. The molecule has 1 amide bonds. The number of carbonyl (C=O) groups is 1. The minimum absolute atomic E-state index is 0.0418. The molecule has 1 fully saturated rings. The number of aryl methyl sites for hydroxylation is 1. The van der Waals surface area contributed by atoms with E-state index in [0.717, 1.165) is 29.1 Å². The van der Waals surface area contributed by atoms with Crippen LogP contribution in [-0.2, 0) is 20.4 Å². The second kappa shape index (κ2) is 9.34. The van der Waals surface area contributed by atoms with Gasteiger partial charge in [-0.3, -0.25) is 14.7 Å². The highest BCUT2D eigenvalue weighted by atomic mass is 19.4. The summed E-state index contributed by atoms with van der Waals surface area (Å²) in [6.45, 7) is 5.34. The summed E-state index contributed by atoms with van der Waals surface area (Å²) in [6.07, 6.45) is -2.26. The van der Waals surface area contributed by atoms with Gasteiger partial charge in [-0.1, -0.05) is 0 Å². The third-order valence-electron chi connectivity index (χ3n) is 7.49. The van der Waals surface area contributed by atoms with Gasteiger partial charge >= 0.3 is 6.18 Å². The Balaban J connectivity index is 1.43. The summed E-state index contributed by atoms with van der Waals surface area (Å²) in [6, 6.07) is 3.09. The van der Waals surface area contributed by atoms with E-state index in [1.54, 1.807) is 25.1 Å². The van der Waals surface area contributed by atoms with Crippen LogP contribution in [0.5, 0.6) is 0 Å². The lowest BCUT2D eigenvalue weighted by Gasteiger charge is -2.37. The van der Waals surface area contributed by atoms with Crippen LogP contribution in [0.1, 0.15) is 42.6 Å². The average Bonchev–Trinajstić information content (AvgIpc) is 3.47. The van der Waals surface area contributed by atoms with Gasteiger partial charge in [-0.25, -0.2) is 4.98 Å². The van der Waals surface area contributed by atoms with Crippen LogP contribution < -0.4 is 16.4 Å². The Hall–Kier alpha value is -3.09. The molecule has 0 aliphatic carbocycles. The molecule has 37 heavy (non-hydrogen) atoms. The molecule has 1 aromatic heterocycles. The number of ether oxygens (including phenoxy) is 2. The highest BCUT2D eigenvalue weighted by molar-refractivity contribution is 5.88. The number of carbonyl (C=O) groups excluding carboxylic acids is 1. The van der Waals surface area contributed by atoms with Crippen molar-refractivity contribution in [3.8, 4) is 0 Å². The van der Waals surface area contributed by atoms with Crippen LogP contribution in [0.2, 0.25) is 0 Å². The second-order valence-corrected chi connectivity index (χ2v) is 9.85. The van der Waals surface area contributed by atoms with E-state index in [0.29, 0.717) is 50.7 Å². The molecule has 1 saturated heterocycles. The molecule has 200 valence electrons. The molecule has 0 radical (unpaired) electrons. The molecule has 3 aliphatic rings. The Kier molecular flexibility index (Phi) is 6.45. The van der Waals surface area contributed by atoms with E-state index in [1.807, 2.05) is 11.5 Å². The van der Waals surface area contributed by atoms with Crippen molar-refractivity contribution in [2.24, 2.45) is 0 Å². The van der Waals surface area contributed by atoms with Gasteiger partial charge in [-0.2, -0.15) is 13.2 Å². The third-order valence-corrected chi connectivity index (χ3v) is 7.49. The lowest BCUT2D eigenvalue weighted by molar-refractivity contribution is -0.164. The van der Waals surface area contributed by atoms with Gasteiger partial charge in [0.05, 0.1) is 18.3 Å². The zero-order valence-electron chi connectivity index (χ0n) is 21.0. The molecule has 5 rings (SSSR count). The van der Waals surface area contributed by atoms with Crippen LogP contribution in [0, 0.1) is 6.92 Å². The monoisotopic (exact) mass is 520 g/mol. The number of aromatic nitrogens is 2. The predicted octanol–water partition coefficient (Wildman–Crippen LogP) is 3.14. The molecule has 12 heteroatoms. The molecule has 9 nitrogen and oxygen atoms in total. The highest BCUT2D eigenvalue weighted by Gasteiger charge is 2.46. The van der Waals surface area contributed by atoms with Crippen molar-refractivity contribution < 1.29 is 27.4 Å². The maximum absolute atomic E-state index is 13.7. The minimum atomic E-state index is -4.50. The van der Waals surface area contributed by atoms with Gasteiger partial charge in [0.15, 0.2) is 5.60 Å². The molecule has 4 N–H and O–H groups in total. The third kappa shape index (κ3) is 4.57. The molecule has 2 atom stereocenters. The minimum Gasteiger partial charge on any atom is -0.399 e. The fraction of sp³-hybridized carbons (Fsp3) is 0.520. The number of benzene rings is 1. The Morgan fingerprint density at radius 3 is 2.70 bits per heavy atom. The predicted molar refractivity (Wildman–Crippen MR) is 131 cm³/mol. The number of nitrogens with two attached hydrogens (primary N) is 1. The van der Waals surface area contributed by atoms with Crippen molar-refractivity contribution in [2.45, 2.75) is 50.7 Å². The van der Waals surface area contributed by atoms with Crippen molar-refractivity contribution in [3.63, 3.8) is 0 Å². The second-order valence-electron chi connectivity index (χ2n) is 9.85. The van der Waals surface area contributed by atoms with Gasteiger partial charge in [0.2, 0.25) is 5.95 Å². The van der Waals surface area contributed by atoms with Crippen molar-refractivity contribution in [2.75, 3.05) is 44.5 Å². The van der Waals surface area contributed by atoms with E-state index >= 15 is 0 Å². The van der Waals surface area contributed by atoms with Gasteiger partial charge in [0, 0.05) is 68.4 Å². The number of rotatable bonds is 5. The molecule has 4 heterocycles. The lowest BCUT2D eigenvalue weighted by atomic mass is 9.92. The van der Waals surface area contributed by atoms with Crippen molar-refractivity contribution in [1.29, 1.82) is 0 Å². The molecule has 0 spiro atoms. The van der Waals surface area contributed by atoms with Gasteiger partial charge in [-0.15, -0.1) is 0 Å². The molecular weight excluding hydrogens is 489 g/mol. The largest absolute Gasteiger partial charge is 0.416 e. The van der Waals surface area contributed by atoms with Crippen LogP contribution in [0.3, 0.4) is 0 Å². The van der Waals surface area contributed by atoms with E-state index < -0.39 is 29.5 Å². The van der Waals surface area contributed by atoms with E-state index in [2.05, 4.69) is 15.6 Å². The normalized spacial score (nSPS) is 21.9. The molecule has 1 unspecified atom stereocenters. The van der Waals surface area contributed by atoms with Crippen LogP contribution in [0.25, 0.3) is 5.70 Å². The number of nitrogens with zero attached hydrogens (tertiary/aromatic N) is 3. The van der Waals surface area contributed by atoms with Crippen molar-refractivity contribution >= 4 is 23.2 Å². The summed E-state index contributed by atoms with van der Waals surface area (Å²) in [4.78, 5) is 19.9. The zero-order chi connectivity index (χ0) is 26.5. The number of amides is 1. The molecule has 3 aliphatic heterocycles. The maximum atomic E-state index is 13.7. The number of halogens is 3.